The predicted molar refractivity (Wildman–Crippen MR) is 92.6 cm³/mol. The molecule has 7 nitrogen and oxygen atoms in total. The van der Waals surface area contributed by atoms with Crippen LogP contribution >= 0.6 is 11.3 Å². The van der Waals surface area contributed by atoms with Crippen LogP contribution in [0.25, 0.3) is 22.2 Å². The number of hydrogen-bond acceptors (Lipinski definition) is 7. The molecule has 0 radical (unpaired) electrons. The highest BCUT2D eigenvalue weighted by atomic mass is 32.1. The van der Waals surface area contributed by atoms with Gasteiger partial charge < -0.3 is 10.5 Å². The Balaban J connectivity index is 1.81. The number of nitrogens with two attached hydrogens (primary N) is 1. The Labute approximate surface area is 141 Å². The summed E-state index contributed by atoms with van der Waals surface area (Å²) >= 11 is 1.40. The molecule has 0 unspecified atom stereocenters. The van der Waals surface area contributed by atoms with Gasteiger partial charge in [-0.1, -0.05) is 30.3 Å². The summed E-state index contributed by atoms with van der Waals surface area (Å²) in [5.41, 5.74) is 7.33. The van der Waals surface area contributed by atoms with E-state index in [1.165, 1.54) is 11.3 Å². The van der Waals surface area contributed by atoms with E-state index in [0.717, 1.165) is 22.0 Å². The summed E-state index contributed by atoms with van der Waals surface area (Å²) in [7, 11) is 1.81. The van der Waals surface area contributed by atoms with Crippen molar-refractivity contribution in [3.05, 3.63) is 47.5 Å². The Hall–Kier alpha value is -3.00. The van der Waals surface area contributed by atoms with Gasteiger partial charge in [0, 0.05) is 12.4 Å². The lowest BCUT2D eigenvalue weighted by Gasteiger charge is -2.12. The van der Waals surface area contributed by atoms with Crippen molar-refractivity contribution in [1.29, 1.82) is 0 Å². The molecule has 24 heavy (non-hydrogen) atoms. The van der Waals surface area contributed by atoms with Crippen molar-refractivity contribution >= 4 is 27.2 Å². The molecule has 0 atom stereocenters. The molecule has 0 fully saturated rings. The van der Waals surface area contributed by atoms with Crippen LogP contribution in [0.15, 0.2) is 41.8 Å². The molecule has 120 valence electrons. The fourth-order valence-corrected chi connectivity index (χ4v) is 3.13. The number of fused-ring (bicyclic) bond motifs is 1. The van der Waals surface area contributed by atoms with Crippen LogP contribution in [0.3, 0.4) is 0 Å². The first-order valence-electron chi connectivity index (χ1n) is 7.29. The number of anilines is 1. The highest BCUT2D eigenvalue weighted by molar-refractivity contribution is 7.13. The van der Waals surface area contributed by atoms with Gasteiger partial charge in [0.05, 0.1) is 11.3 Å². The third-order valence-corrected chi connectivity index (χ3v) is 4.40. The fourth-order valence-electron chi connectivity index (χ4n) is 2.58. The Morgan fingerprint density at radius 1 is 1.21 bits per heavy atom. The monoisotopic (exact) mass is 338 g/mol. The molecule has 0 bridgehead atoms. The van der Waals surface area contributed by atoms with Gasteiger partial charge in [-0.3, -0.25) is 0 Å². The smallest absolute Gasteiger partial charge is 0.186 e. The van der Waals surface area contributed by atoms with Crippen molar-refractivity contribution in [1.82, 2.24) is 25.2 Å². The van der Waals surface area contributed by atoms with Gasteiger partial charge in [0.2, 0.25) is 0 Å². The van der Waals surface area contributed by atoms with Crippen LogP contribution in [0.4, 0.5) is 5.13 Å². The van der Waals surface area contributed by atoms with Crippen LogP contribution in [0.2, 0.25) is 0 Å². The van der Waals surface area contributed by atoms with Crippen LogP contribution in [-0.4, -0.2) is 25.2 Å². The standard InChI is InChI=1S/C16H14N6OS/c1-22-15(19-20-21-22)14-12-5-3-2-4-10(12)6-7-13(14)23-8-11-9-24-16(17)18-11/h2-7,9H,8H2,1H3,(H2,17,18). The van der Waals surface area contributed by atoms with Gasteiger partial charge in [-0.2, -0.15) is 0 Å². The number of hydrogen-bond donors (Lipinski definition) is 1. The van der Waals surface area contributed by atoms with E-state index in [1.54, 1.807) is 4.68 Å². The van der Waals surface area contributed by atoms with Gasteiger partial charge in [-0.15, -0.1) is 16.4 Å². The van der Waals surface area contributed by atoms with Crippen LogP contribution in [0.5, 0.6) is 5.75 Å². The summed E-state index contributed by atoms with van der Waals surface area (Å²) in [6.45, 7) is 0.338. The molecule has 0 spiro atoms. The van der Waals surface area contributed by atoms with Crippen molar-refractivity contribution < 1.29 is 4.74 Å². The first kappa shape index (κ1) is 14.6. The van der Waals surface area contributed by atoms with Crippen molar-refractivity contribution in [2.45, 2.75) is 6.61 Å². The first-order valence-corrected chi connectivity index (χ1v) is 8.17. The molecule has 0 amide bonds. The Morgan fingerprint density at radius 3 is 2.83 bits per heavy atom. The second-order valence-corrected chi connectivity index (χ2v) is 6.14. The zero-order valence-electron chi connectivity index (χ0n) is 12.9. The van der Waals surface area contributed by atoms with E-state index in [-0.39, 0.29) is 0 Å². The molecule has 8 heteroatoms. The lowest BCUT2D eigenvalue weighted by Crippen LogP contribution is -2.01. The third-order valence-electron chi connectivity index (χ3n) is 3.68. The van der Waals surface area contributed by atoms with Gasteiger partial charge in [0.15, 0.2) is 11.0 Å². The summed E-state index contributed by atoms with van der Waals surface area (Å²) in [5, 5.41) is 16.4. The van der Waals surface area contributed by atoms with Crippen molar-refractivity contribution in [3.63, 3.8) is 0 Å². The number of ether oxygens (including phenoxy) is 1. The minimum Gasteiger partial charge on any atom is -0.486 e. The molecule has 4 rings (SSSR count). The average molecular weight is 338 g/mol. The first-order chi connectivity index (χ1) is 11.7. The molecule has 0 saturated heterocycles. The molecule has 0 aliphatic carbocycles. The van der Waals surface area contributed by atoms with E-state index in [0.29, 0.717) is 23.3 Å². The van der Waals surface area contributed by atoms with E-state index in [1.807, 2.05) is 48.8 Å². The maximum atomic E-state index is 6.00. The number of nitrogens with zero attached hydrogens (tertiary/aromatic N) is 5. The zero-order valence-corrected chi connectivity index (χ0v) is 13.7. The summed E-state index contributed by atoms with van der Waals surface area (Å²) in [4.78, 5) is 4.22. The summed E-state index contributed by atoms with van der Waals surface area (Å²) in [6, 6.07) is 12.0. The van der Waals surface area contributed by atoms with Gasteiger partial charge >= 0.3 is 0 Å². The molecule has 2 aromatic heterocycles. The van der Waals surface area contributed by atoms with Gasteiger partial charge in [-0.05, 0) is 27.3 Å². The second-order valence-electron chi connectivity index (χ2n) is 5.25. The summed E-state index contributed by atoms with van der Waals surface area (Å²) in [6.07, 6.45) is 0. The largest absolute Gasteiger partial charge is 0.486 e. The van der Waals surface area contributed by atoms with E-state index in [9.17, 15) is 0 Å². The van der Waals surface area contributed by atoms with Crippen molar-refractivity contribution in [3.8, 4) is 17.1 Å². The number of benzene rings is 2. The van der Waals surface area contributed by atoms with E-state index < -0.39 is 0 Å². The normalized spacial score (nSPS) is 11.0. The molecule has 2 N–H and O–H groups in total. The quantitative estimate of drug-likeness (QED) is 0.615. The van der Waals surface area contributed by atoms with Crippen LogP contribution < -0.4 is 10.5 Å². The van der Waals surface area contributed by atoms with E-state index in [4.69, 9.17) is 10.5 Å². The third kappa shape index (κ3) is 2.56. The van der Waals surface area contributed by atoms with E-state index in [2.05, 4.69) is 20.5 Å². The maximum absolute atomic E-state index is 6.00. The Kier molecular flexibility index (Phi) is 3.58. The number of rotatable bonds is 4. The fraction of sp³-hybridized carbons (Fsp3) is 0.125. The lowest BCUT2D eigenvalue weighted by molar-refractivity contribution is 0.303. The molecule has 2 aromatic carbocycles. The minimum absolute atomic E-state index is 0.338. The molecule has 0 saturated carbocycles. The molecule has 2 heterocycles. The number of aromatic nitrogens is 5. The molecular weight excluding hydrogens is 324 g/mol. The van der Waals surface area contributed by atoms with Gasteiger partial charge in [0.25, 0.3) is 0 Å². The van der Waals surface area contributed by atoms with Crippen LogP contribution in [-0.2, 0) is 13.7 Å². The second kappa shape index (κ2) is 5.89. The summed E-state index contributed by atoms with van der Waals surface area (Å²) < 4.78 is 7.64. The van der Waals surface area contributed by atoms with Gasteiger partial charge in [-0.25, -0.2) is 9.67 Å². The van der Waals surface area contributed by atoms with Gasteiger partial charge in [0.1, 0.15) is 12.4 Å². The van der Waals surface area contributed by atoms with Crippen LogP contribution in [0, 0.1) is 0 Å². The minimum atomic E-state index is 0.338. The highest BCUT2D eigenvalue weighted by Crippen LogP contribution is 2.36. The number of aryl methyl sites for hydroxylation is 1. The summed E-state index contributed by atoms with van der Waals surface area (Å²) in [5.74, 6) is 1.36. The maximum Gasteiger partial charge on any atom is 0.186 e. The topological polar surface area (TPSA) is 91.7 Å². The number of nitrogen functional groups attached to an aromatic ring is 1. The van der Waals surface area contributed by atoms with Crippen molar-refractivity contribution in [2.75, 3.05) is 5.73 Å². The van der Waals surface area contributed by atoms with Crippen molar-refractivity contribution in [2.24, 2.45) is 7.05 Å². The number of tetrazole rings is 1. The average Bonchev–Trinajstić information content (AvgIpc) is 3.20. The molecule has 0 aliphatic rings. The molecule has 4 aromatic rings. The number of thiazole rings is 1. The molecule has 0 aliphatic heterocycles. The highest BCUT2D eigenvalue weighted by Gasteiger charge is 2.17. The SMILES string of the molecule is Cn1nnnc1-c1c(OCc2csc(N)n2)ccc2ccccc12. The zero-order chi connectivity index (χ0) is 16.5. The Bertz CT molecular complexity index is 1010. The van der Waals surface area contributed by atoms with Crippen LogP contribution in [0.1, 0.15) is 5.69 Å². The molecular formula is C16H14N6OS. The lowest BCUT2D eigenvalue weighted by atomic mass is 10.0. The van der Waals surface area contributed by atoms with E-state index >= 15 is 0 Å². The Morgan fingerprint density at radius 2 is 2.08 bits per heavy atom. The predicted octanol–water partition coefficient (Wildman–Crippen LogP) is 2.65.